The largest absolute Gasteiger partial charge is 0.435 e. The summed E-state index contributed by atoms with van der Waals surface area (Å²) in [5.74, 6) is -0.0939. The highest BCUT2D eigenvalue weighted by Crippen LogP contribution is 2.32. The third-order valence-corrected chi connectivity index (χ3v) is 6.22. The molecule has 5 rings (SSSR count). The maximum Gasteiger partial charge on any atom is 0.435 e. The lowest BCUT2D eigenvalue weighted by molar-refractivity contribution is -0.140. The molecule has 0 saturated carbocycles. The van der Waals surface area contributed by atoms with Crippen molar-refractivity contribution in [3.8, 4) is 0 Å². The van der Waals surface area contributed by atoms with Crippen LogP contribution in [0.4, 0.5) is 19.2 Å². The van der Waals surface area contributed by atoms with Crippen molar-refractivity contribution in [2.24, 2.45) is 0 Å². The van der Waals surface area contributed by atoms with Crippen LogP contribution in [0.3, 0.4) is 0 Å². The molecule has 4 heterocycles. The highest BCUT2D eigenvalue weighted by Gasteiger charge is 2.38. The first-order valence-corrected chi connectivity index (χ1v) is 11.8. The van der Waals surface area contributed by atoms with Crippen molar-refractivity contribution < 1.29 is 27.1 Å². The molecule has 0 atom stereocenters. The summed E-state index contributed by atoms with van der Waals surface area (Å²) in [6.07, 6.45) is -3.56. The zero-order valence-electron chi connectivity index (χ0n) is 19.3. The van der Waals surface area contributed by atoms with Gasteiger partial charge in [-0.15, -0.1) is 0 Å². The van der Waals surface area contributed by atoms with Crippen molar-refractivity contribution in [3.63, 3.8) is 0 Å². The first kappa shape index (κ1) is 25.0. The van der Waals surface area contributed by atoms with E-state index in [0.717, 1.165) is 10.9 Å². The maximum atomic E-state index is 13.3. The van der Waals surface area contributed by atoms with Gasteiger partial charge in [-0.2, -0.15) is 28.4 Å². The highest BCUT2D eigenvalue weighted by atomic mass is 35.5. The van der Waals surface area contributed by atoms with E-state index in [4.69, 9.17) is 20.8 Å². The Balaban J connectivity index is 1.09. The number of carbonyl (C=O) groups is 1. The number of hydrogen-bond acceptors (Lipinski definition) is 8. The van der Waals surface area contributed by atoms with Gasteiger partial charge < -0.3 is 19.0 Å². The van der Waals surface area contributed by atoms with Gasteiger partial charge in [0.1, 0.15) is 10.9 Å². The molecule has 0 aliphatic carbocycles. The van der Waals surface area contributed by atoms with E-state index < -0.39 is 22.8 Å². The minimum absolute atomic E-state index is 0.00364. The van der Waals surface area contributed by atoms with E-state index in [-0.39, 0.29) is 37.6 Å². The number of aromatic nitrogens is 5. The van der Waals surface area contributed by atoms with Crippen LogP contribution in [0.1, 0.15) is 12.1 Å². The van der Waals surface area contributed by atoms with Crippen molar-refractivity contribution in [2.75, 3.05) is 44.3 Å². The Hall–Kier alpha value is -3.65. The first-order chi connectivity index (χ1) is 17.7. The number of benzene rings is 1. The predicted molar refractivity (Wildman–Crippen MR) is 126 cm³/mol. The van der Waals surface area contributed by atoms with Crippen LogP contribution >= 0.6 is 11.6 Å². The van der Waals surface area contributed by atoms with E-state index in [0.29, 0.717) is 48.3 Å². The molecule has 1 fully saturated rings. The molecule has 15 heteroatoms. The van der Waals surface area contributed by atoms with Crippen LogP contribution in [-0.2, 0) is 22.3 Å². The molecule has 0 bridgehead atoms. The Morgan fingerprint density at radius 2 is 1.97 bits per heavy atom. The monoisotopic (exact) mass is 539 g/mol. The third kappa shape index (κ3) is 5.25. The van der Waals surface area contributed by atoms with Gasteiger partial charge >= 0.3 is 6.18 Å². The van der Waals surface area contributed by atoms with Gasteiger partial charge in [-0.05, 0) is 18.2 Å². The molecular formula is C22H21ClF3N7O4. The summed E-state index contributed by atoms with van der Waals surface area (Å²) in [7, 11) is 0. The number of ether oxygens (including phenoxy) is 1. The van der Waals surface area contributed by atoms with E-state index in [9.17, 15) is 22.8 Å². The summed E-state index contributed by atoms with van der Waals surface area (Å²) in [5, 5.41) is 9.07. The van der Waals surface area contributed by atoms with Gasteiger partial charge in [0.2, 0.25) is 5.91 Å². The molecule has 3 aromatic heterocycles. The molecule has 196 valence electrons. The number of rotatable bonds is 7. The van der Waals surface area contributed by atoms with Crippen molar-refractivity contribution in [1.29, 1.82) is 0 Å². The summed E-state index contributed by atoms with van der Waals surface area (Å²) in [6, 6.07) is 5.69. The van der Waals surface area contributed by atoms with E-state index in [1.54, 1.807) is 23.1 Å². The van der Waals surface area contributed by atoms with Crippen LogP contribution in [0.15, 0.2) is 33.6 Å². The number of amides is 1. The van der Waals surface area contributed by atoms with Crippen LogP contribution in [0.2, 0.25) is 5.02 Å². The number of alkyl halides is 3. The smallest absolute Gasteiger partial charge is 0.423 e. The van der Waals surface area contributed by atoms with Crippen LogP contribution in [0, 0.1) is 0 Å². The Bertz CT molecular complexity index is 1490. The van der Waals surface area contributed by atoms with E-state index in [1.165, 1.54) is 0 Å². The molecule has 0 spiro atoms. The van der Waals surface area contributed by atoms with Crippen molar-refractivity contribution in [1.82, 2.24) is 29.9 Å². The molecule has 1 aliphatic rings. The minimum Gasteiger partial charge on any atom is -0.423 e. The molecule has 0 radical (unpaired) electrons. The SMILES string of the molecule is O=C(CCOCCn1nc(C(F)(F)F)c2c(=O)[nH]ncc21)N1CCN(c2nc3cc(Cl)ccc3o2)CC1. The third-order valence-electron chi connectivity index (χ3n) is 5.99. The zero-order chi connectivity index (χ0) is 26.2. The first-order valence-electron chi connectivity index (χ1n) is 11.4. The number of anilines is 1. The molecule has 1 amide bonds. The summed E-state index contributed by atoms with van der Waals surface area (Å²) >= 11 is 6.00. The fourth-order valence-electron chi connectivity index (χ4n) is 4.15. The van der Waals surface area contributed by atoms with Gasteiger partial charge in [0.25, 0.3) is 11.6 Å². The average molecular weight is 540 g/mol. The summed E-state index contributed by atoms with van der Waals surface area (Å²) < 4.78 is 52.1. The number of carbonyl (C=O) groups excluding carboxylic acids is 1. The second-order valence-corrected chi connectivity index (χ2v) is 8.80. The molecule has 1 aliphatic heterocycles. The van der Waals surface area contributed by atoms with Crippen LogP contribution in [-0.4, -0.2) is 75.2 Å². The molecule has 37 heavy (non-hydrogen) atoms. The number of nitrogens with one attached hydrogen (secondary N) is 1. The fraction of sp³-hybridized carbons (Fsp3) is 0.409. The molecule has 4 aromatic rings. The lowest BCUT2D eigenvalue weighted by Crippen LogP contribution is -2.49. The van der Waals surface area contributed by atoms with Gasteiger partial charge in [0.05, 0.1) is 37.9 Å². The van der Waals surface area contributed by atoms with Crippen LogP contribution in [0.25, 0.3) is 22.0 Å². The molecule has 1 saturated heterocycles. The topological polar surface area (TPSA) is 122 Å². The van der Waals surface area contributed by atoms with Gasteiger partial charge in [-0.3, -0.25) is 14.3 Å². The number of piperazine rings is 1. The number of oxazole rings is 1. The predicted octanol–water partition coefficient (Wildman–Crippen LogP) is 2.69. The van der Waals surface area contributed by atoms with E-state index in [2.05, 4.69) is 15.2 Å². The van der Waals surface area contributed by atoms with Crippen LogP contribution < -0.4 is 10.5 Å². The fourth-order valence-corrected chi connectivity index (χ4v) is 4.31. The standard InChI is InChI=1S/C22H21ClF3N7O4/c23-13-1-2-16-14(11-13)28-21(37-16)32-6-4-31(5-7-32)17(34)3-9-36-10-8-33-15-12-27-29-20(35)18(15)19(30-33)22(24,25)26/h1-2,11-12H,3-10H2,(H,29,35). The summed E-state index contributed by atoms with van der Waals surface area (Å²) in [6.45, 7) is 2.13. The number of halogens is 4. The minimum atomic E-state index is -4.79. The lowest BCUT2D eigenvalue weighted by Gasteiger charge is -2.33. The van der Waals surface area contributed by atoms with Gasteiger partial charge in [-0.1, -0.05) is 11.6 Å². The van der Waals surface area contributed by atoms with Gasteiger partial charge in [0, 0.05) is 31.2 Å². The van der Waals surface area contributed by atoms with Crippen LogP contribution in [0.5, 0.6) is 0 Å². The molecule has 11 nitrogen and oxygen atoms in total. The number of nitrogens with zero attached hydrogens (tertiary/aromatic N) is 6. The van der Waals surface area contributed by atoms with Crippen molar-refractivity contribution in [3.05, 3.63) is 45.5 Å². The average Bonchev–Trinajstić information content (AvgIpc) is 3.46. The number of aromatic amines is 1. The second-order valence-electron chi connectivity index (χ2n) is 8.37. The van der Waals surface area contributed by atoms with Gasteiger partial charge in [0.15, 0.2) is 11.3 Å². The molecule has 1 aromatic carbocycles. The summed E-state index contributed by atoms with van der Waals surface area (Å²) in [4.78, 5) is 32.5. The summed E-state index contributed by atoms with van der Waals surface area (Å²) in [5.41, 5.74) is -0.990. The Kier molecular flexibility index (Phi) is 6.77. The maximum absolute atomic E-state index is 13.3. The second kappa shape index (κ2) is 10.0. The quantitative estimate of drug-likeness (QED) is 0.356. The van der Waals surface area contributed by atoms with Crippen molar-refractivity contribution >= 4 is 45.5 Å². The van der Waals surface area contributed by atoms with Gasteiger partial charge in [-0.25, -0.2) is 5.10 Å². The normalized spacial score (nSPS) is 14.7. The number of fused-ring (bicyclic) bond motifs is 2. The Morgan fingerprint density at radius 1 is 1.19 bits per heavy atom. The lowest BCUT2D eigenvalue weighted by atomic mass is 10.2. The van der Waals surface area contributed by atoms with E-state index in [1.807, 2.05) is 10.00 Å². The highest BCUT2D eigenvalue weighted by molar-refractivity contribution is 6.31. The molecule has 1 N–H and O–H groups in total. The molecule has 0 unspecified atom stereocenters. The van der Waals surface area contributed by atoms with Crippen molar-refractivity contribution in [2.45, 2.75) is 19.1 Å². The molecular weight excluding hydrogens is 519 g/mol. The number of hydrogen-bond donors (Lipinski definition) is 1. The number of H-pyrrole nitrogens is 1. The van der Waals surface area contributed by atoms with E-state index >= 15 is 0 Å². The zero-order valence-corrected chi connectivity index (χ0v) is 20.1. The Labute approximate surface area is 211 Å². The Morgan fingerprint density at radius 3 is 2.73 bits per heavy atom.